The normalized spacial score (nSPS) is 18.6. The number of hydrazine groups is 1. The fraction of sp³-hybridized carbons (Fsp3) is 0.538. The number of nitro benzene ring substituents is 1. The third-order valence-corrected chi connectivity index (χ3v) is 3.94. The second-order valence-electron chi connectivity index (χ2n) is 5.17. The lowest BCUT2D eigenvalue weighted by Gasteiger charge is -2.29. The molecule has 0 saturated carbocycles. The molecule has 0 atom stereocenters. The standard InChI is InChI=1S/C13H18N4O2/c1-15-11-8-12(16-5-3-2-4-6-16)13(17(18)19)7-10(11)9-14-15/h7-8,14H,2-6,9H2,1H3. The van der Waals surface area contributed by atoms with Crippen LogP contribution in [0.1, 0.15) is 24.8 Å². The molecular weight excluding hydrogens is 244 g/mol. The maximum absolute atomic E-state index is 11.3. The van der Waals surface area contributed by atoms with E-state index in [9.17, 15) is 10.1 Å². The lowest BCUT2D eigenvalue weighted by Crippen LogP contribution is -2.30. The van der Waals surface area contributed by atoms with E-state index in [4.69, 9.17) is 0 Å². The second kappa shape index (κ2) is 4.70. The lowest BCUT2D eigenvalue weighted by atomic mass is 10.1. The monoisotopic (exact) mass is 262 g/mol. The van der Waals surface area contributed by atoms with Crippen molar-refractivity contribution in [1.29, 1.82) is 0 Å². The first-order valence-electron chi connectivity index (χ1n) is 6.70. The second-order valence-corrected chi connectivity index (χ2v) is 5.17. The van der Waals surface area contributed by atoms with Gasteiger partial charge in [0.25, 0.3) is 5.69 Å². The number of anilines is 2. The smallest absolute Gasteiger partial charge is 0.293 e. The number of fused-ring (bicyclic) bond motifs is 1. The van der Waals surface area contributed by atoms with E-state index in [-0.39, 0.29) is 10.6 Å². The molecule has 102 valence electrons. The highest BCUT2D eigenvalue weighted by Crippen LogP contribution is 2.38. The van der Waals surface area contributed by atoms with Crippen LogP contribution in [-0.2, 0) is 6.54 Å². The van der Waals surface area contributed by atoms with E-state index in [1.807, 2.05) is 18.1 Å². The highest BCUT2D eigenvalue weighted by atomic mass is 16.6. The molecule has 0 aromatic heterocycles. The predicted molar refractivity (Wildman–Crippen MR) is 74.4 cm³/mol. The third kappa shape index (κ3) is 2.12. The van der Waals surface area contributed by atoms with Gasteiger partial charge in [-0.1, -0.05) is 0 Å². The minimum Gasteiger partial charge on any atom is -0.366 e. The Morgan fingerprint density at radius 3 is 2.63 bits per heavy atom. The van der Waals surface area contributed by atoms with Gasteiger partial charge in [-0.05, 0) is 30.9 Å². The van der Waals surface area contributed by atoms with E-state index in [0.717, 1.165) is 42.9 Å². The van der Waals surface area contributed by atoms with E-state index in [2.05, 4.69) is 10.3 Å². The van der Waals surface area contributed by atoms with Crippen LogP contribution in [0, 0.1) is 10.1 Å². The van der Waals surface area contributed by atoms with Crippen LogP contribution in [0.3, 0.4) is 0 Å². The van der Waals surface area contributed by atoms with Gasteiger partial charge in [-0.25, -0.2) is 5.43 Å². The van der Waals surface area contributed by atoms with Gasteiger partial charge < -0.3 is 9.91 Å². The summed E-state index contributed by atoms with van der Waals surface area (Å²) in [5.74, 6) is 0. The molecule has 0 radical (unpaired) electrons. The quantitative estimate of drug-likeness (QED) is 0.653. The van der Waals surface area contributed by atoms with Crippen molar-refractivity contribution in [2.75, 3.05) is 30.0 Å². The number of piperidine rings is 1. The van der Waals surface area contributed by atoms with Crippen LogP contribution in [0.25, 0.3) is 0 Å². The maximum Gasteiger partial charge on any atom is 0.293 e. The SMILES string of the molecule is CN1NCc2cc([N+](=O)[O-])c(N3CCCCC3)cc21. The largest absolute Gasteiger partial charge is 0.366 e. The summed E-state index contributed by atoms with van der Waals surface area (Å²) in [7, 11) is 1.94. The van der Waals surface area contributed by atoms with Gasteiger partial charge >= 0.3 is 0 Å². The van der Waals surface area contributed by atoms with Crippen LogP contribution in [0.2, 0.25) is 0 Å². The van der Waals surface area contributed by atoms with Gasteiger partial charge in [0.15, 0.2) is 0 Å². The molecule has 1 N–H and O–H groups in total. The number of hydrogen-bond donors (Lipinski definition) is 1. The van der Waals surface area contributed by atoms with E-state index >= 15 is 0 Å². The molecule has 1 fully saturated rings. The summed E-state index contributed by atoms with van der Waals surface area (Å²) in [6.45, 7) is 2.49. The number of rotatable bonds is 2. The Balaban J connectivity index is 2.05. The van der Waals surface area contributed by atoms with Crippen LogP contribution in [0.4, 0.5) is 17.1 Å². The summed E-state index contributed by atoms with van der Waals surface area (Å²) in [6.07, 6.45) is 3.45. The Kier molecular flexibility index (Phi) is 3.02. The van der Waals surface area contributed by atoms with Crippen LogP contribution in [0.5, 0.6) is 0 Å². The Hall–Kier alpha value is -1.82. The topological polar surface area (TPSA) is 61.6 Å². The fourth-order valence-corrected chi connectivity index (χ4v) is 2.89. The van der Waals surface area contributed by atoms with Crippen LogP contribution < -0.4 is 15.3 Å². The van der Waals surface area contributed by atoms with Crippen molar-refractivity contribution < 1.29 is 4.92 Å². The van der Waals surface area contributed by atoms with E-state index < -0.39 is 0 Å². The van der Waals surface area contributed by atoms with Crippen molar-refractivity contribution in [1.82, 2.24) is 5.43 Å². The summed E-state index contributed by atoms with van der Waals surface area (Å²) in [5, 5.41) is 13.2. The first-order valence-corrected chi connectivity index (χ1v) is 6.70. The molecule has 1 aromatic carbocycles. The van der Waals surface area contributed by atoms with Crippen molar-refractivity contribution in [2.24, 2.45) is 0 Å². The van der Waals surface area contributed by atoms with E-state index in [1.54, 1.807) is 6.07 Å². The average molecular weight is 262 g/mol. The summed E-state index contributed by atoms with van der Waals surface area (Å²) >= 11 is 0. The molecule has 0 amide bonds. The highest BCUT2D eigenvalue weighted by Gasteiger charge is 2.27. The number of nitro groups is 1. The number of nitrogens with one attached hydrogen (secondary N) is 1. The summed E-state index contributed by atoms with van der Waals surface area (Å²) in [5.41, 5.74) is 6.21. The van der Waals surface area contributed by atoms with Crippen LogP contribution in [0.15, 0.2) is 12.1 Å². The fourth-order valence-electron chi connectivity index (χ4n) is 2.89. The summed E-state index contributed by atoms with van der Waals surface area (Å²) in [4.78, 5) is 13.2. The highest BCUT2D eigenvalue weighted by molar-refractivity contribution is 5.74. The zero-order valence-electron chi connectivity index (χ0n) is 11.1. The van der Waals surface area contributed by atoms with Gasteiger partial charge in [-0.15, -0.1) is 0 Å². The van der Waals surface area contributed by atoms with Crippen molar-refractivity contribution in [3.8, 4) is 0 Å². The van der Waals surface area contributed by atoms with Gasteiger partial charge in [0, 0.05) is 32.7 Å². The van der Waals surface area contributed by atoms with Crippen molar-refractivity contribution in [3.63, 3.8) is 0 Å². The molecule has 0 unspecified atom stereocenters. The lowest BCUT2D eigenvalue weighted by molar-refractivity contribution is -0.384. The minimum absolute atomic E-state index is 0.234. The zero-order chi connectivity index (χ0) is 13.4. The molecule has 19 heavy (non-hydrogen) atoms. The molecule has 0 spiro atoms. The maximum atomic E-state index is 11.3. The van der Waals surface area contributed by atoms with Gasteiger partial charge in [0.05, 0.1) is 10.6 Å². The van der Waals surface area contributed by atoms with Gasteiger partial charge in [0.1, 0.15) is 5.69 Å². The molecule has 2 aliphatic rings. The Morgan fingerprint density at radius 1 is 1.21 bits per heavy atom. The molecule has 2 aliphatic heterocycles. The Bertz CT molecular complexity index is 512. The molecule has 1 aromatic rings. The molecular formula is C13H18N4O2. The van der Waals surface area contributed by atoms with Gasteiger partial charge in [0.2, 0.25) is 0 Å². The van der Waals surface area contributed by atoms with Crippen LogP contribution in [-0.4, -0.2) is 25.1 Å². The van der Waals surface area contributed by atoms with E-state index in [1.165, 1.54) is 6.42 Å². The van der Waals surface area contributed by atoms with Crippen molar-refractivity contribution in [3.05, 3.63) is 27.8 Å². The molecule has 6 nitrogen and oxygen atoms in total. The molecule has 0 aliphatic carbocycles. The third-order valence-electron chi connectivity index (χ3n) is 3.94. The number of hydrogen-bond acceptors (Lipinski definition) is 5. The Morgan fingerprint density at radius 2 is 1.95 bits per heavy atom. The molecule has 6 heteroatoms. The minimum atomic E-state index is -0.261. The first-order chi connectivity index (χ1) is 9.16. The summed E-state index contributed by atoms with van der Waals surface area (Å²) in [6, 6.07) is 3.68. The predicted octanol–water partition coefficient (Wildman–Crippen LogP) is 2.04. The van der Waals surface area contributed by atoms with Crippen molar-refractivity contribution >= 4 is 17.1 Å². The average Bonchev–Trinajstić information content (AvgIpc) is 2.79. The first kappa shape index (κ1) is 12.2. The zero-order valence-corrected chi connectivity index (χ0v) is 11.1. The van der Waals surface area contributed by atoms with E-state index in [0.29, 0.717) is 6.54 Å². The number of benzene rings is 1. The van der Waals surface area contributed by atoms with Gasteiger partial charge in [-0.2, -0.15) is 0 Å². The Labute approximate surface area is 112 Å². The molecule has 0 bridgehead atoms. The number of nitrogens with zero attached hydrogens (tertiary/aromatic N) is 3. The molecule has 1 saturated heterocycles. The van der Waals surface area contributed by atoms with Crippen LogP contribution >= 0.6 is 0 Å². The molecule has 2 heterocycles. The molecule has 3 rings (SSSR count). The van der Waals surface area contributed by atoms with Gasteiger partial charge in [-0.3, -0.25) is 10.1 Å². The van der Waals surface area contributed by atoms with Crippen molar-refractivity contribution in [2.45, 2.75) is 25.8 Å². The summed E-state index contributed by atoms with van der Waals surface area (Å²) < 4.78 is 0.